The second kappa shape index (κ2) is 21.3. The van der Waals surface area contributed by atoms with Gasteiger partial charge >= 0.3 is 0 Å². The average Bonchev–Trinajstić information content (AvgIpc) is 4.04. The van der Waals surface area contributed by atoms with Gasteiger partial charge in [-0.1, -0.05) is 68.8 Å². The minimum absolute atomic E-state index is 0.0423. The van der Waals surface area contributed by atoms with Crippen molar-refractivity contribution < 1.29 is 42.6 Å². The van der Waals surface area contributed by atoms with E-state index in [1.165, 1.54) is 34.4 Å². The van der Waals surface area contributed by atoms with Gasteiger partial charge in [0.2, 0.25) is 17.7 Å². The average molecular weight is 979 g/mol. The fourth-order valence-corrected chi connectivity index (χ4v) is 8.97. The van der Waals surface area contributed by atoms with E-state index in [0.717, 1.165) is 11.1 Å². The lowest BCUT2D eigenvalue weighted by Crippen LogP contribution is -2.58. The maximum absolute atomic E-state index is 15.8. The Balaban J connectivity index is 0.843. The summed E-state index contributed by atoms with van der Waals surface area (Å²) in [5.74, 6) is -1.00. The largest absolute Gasteiger partial charge is 0.494 e. The van der Waals surface area contributed by atoms with Crippen LogP contribution in [0.1, 0.15) is 65.0 Å². The highest BCUT2D eigenvalue weighted by Crippen LogP contribution is 2.39. The molecule has 7 rings (SSSR count). The Bertz CT molecular complexity index is 2740. The molecule has 2 fully saturated rings. The molecule has 0 saturated carbocycles. The number of aromatic nitrogens is 1. The Kier molecular flexibility index (Phi) is 15.5. The molecular formula is C51H53ClFN7O8S. The predicted molar refractivity (Wildman–Crippen MR) is 261 cm³/mol. The van der Waals surface area contributed by atoms with Crippen molar-refractivity contribution in [3.8, 4) is 34.3 Å². The number of benzene rings is 4. The van der Waals surface area contributed by atoms with Crippen LogP contribution in [0, 0.1) is 22.6 Å². The topological polar surface area (TPSA) is 191 Å². The molecule has 2 saturated heterocycles. The first kappa shape index (κ1) is 50.2. The van der Waals surface area contributed by atoms with Gasteiger partial charge < -0.3 is 39.4 Å². The number of hydrogen-bond donors (Lipinski definition) is 3. The van der Waals surface area contributed by atoms with Crippen LogP contribution in [0.4, 0.5) is 15.8 Å². The van der Waals surface area contributed by atoms with Crippen molar-refractivity contribution in [2.75, 3.05) is 36.2 Å². The van der Waals surface area contributed by atoms with E-state index in [0.29, 0.717) is 53.5 Å². The van der Waals surface area contributed by atoms with Crippen molar-refractivity contribution >= 4 is 63.9 Å². The number of unbranched alkanes of at least 4 members (excludes halogenated alkanes) is 1. The molecule has 15 nitrogen and oxygen atoms in total. The molecule has 69 heavy (non-hydrogen) atoms. The third-order valence-electron chi connectivity index (χ3n) is 12.0. The number of nitrogens with one attached hydrogen (secondary N) is 2. The Hall–Kier alpha value is -6.71. The lowest BCUT2D eigenvalue weighted by atomic mass is 9.85. The molecule has 3 N–H and O–H groups in total. The highest BCUT2D eigenvalue weighted by molar-refractivity contribution is 7.81. The van der Waals surface area contributed by atoms with Crippen molar-refractivity contribution in [1.29, 1.82) is 5.26 Å². The summed E-state index contributed by atoms with van der Waals surface area (Å²) in [6.07, 6.45) is 3.33. The number of aliphatic hydroxyl groups is 1. The number of rotatable bonds is 17. The van der Waals surface area contributed by atoms with Gasteiger partial charge in [0.25, 0.3) is 5.91 Å². The quantitative estimate of drug-likeness (QED) is 0.0613. The zero-order chi connectivity index (χ0) is 49.6. The van der Waals surface area contributed by atoms with Crippen LogP contribution in [0.15, 0.2) is 102 Å². The number of carbonyl (C=O) groups is 4. The molecule has 0 radical (unpaired) electrons. The van der Waals surface area contributed by atoms with Gasteiger partial charge in [-0.05, 0) is 104 Å². The van der Waals surface area contributed by atoms with Gasteiger partial charge in [-0.2, -0.15) is 5.26 Å². The minimum atomic E-state index is -1.15. The van der Waals surface area contributed by atoms with Crippen LogP contribution in [0.3, 0.4) is 0 Å². The van der Waals surface area contributed by atoms with Gasteiger partial charge in [-0.15, -0.1) is 0 Å². The fraction of sp³-hybridized carbons (Fsp3) is 0.353. The Morgan fingerprint density at radius 3 is 2.36 bits per heavy atom. The molecule has 2 aliphatic heterocycles. The Morgan fingerprint density at radius 2 is 1.71 bits per heavy atom. The first-order valence-corrected chi connectivity index (χ1v) is 23.2. The standard InChI is InChI=1S/C51H53ClFN7O8S/c1-50(2,3)45(47(64)58-28-37(61)24-42(58)46(63)56-26-31-8-10-33(11-9-31)43-27-55-30-68-43)57-44(62)29-66-20-6-7-21-67-38-17-13-32(14-18-38)39-19-16-36(23-41(39)53)60-49(69)59(48(65)51(60,4)5)35-15-12-34(25-54)40(52)22-35/h8-19,22-23,27,30,37,42,45,61H,6-7,20-21,24,26,28-29H2,1-5H3,(H,56,63)(H,57,62)/t37-,42+,45-/m1/s1. The van der Waals surface area contributed by atoms with Crippen LogP contribution in [-0.4, -0.2) is 93.8 Å². The van der Waals surface area contributed by atoms with E-state index < -0.39 is 52.7 Å². The molecular weight excluding hydrogens is 925 g/mol. The lowest BCUT2D eigenvalue weighted by molar-refractivity contribution is -0.144. The number of likely N-dealkylation sites (tertiary alicyclic amines) is 1. The number of β-amino-alcohol motifs (C(OH)–C–C–N with tert-alkyl or cyclic N) is 1. The van der Waals surface area contributed by atoms with Crippen LogP contribution in [0.25, 0.3) is 22.5 Å². The van der Waals surface area contributed by atoms with Gasteiger partial charge in [0.1, 0.15) is 41.9 Å². The van der Waals surface area contributed by atoms with Crippen LogP contribution < -0.4 is 25.2 Å². The number of thiocarbonyl (C=S) groups is 1. The predicted octanol–water partition coefficient (Wildman–Crippen LogP) is 7.57. The summed E-state index contributed by atoms with van der Waals surface area (Å²) >= 11 is 12.0. The maximum Gasteiger partial charge on any atom is 0.259 e. The molecule has 5 aromatic rings. The summed E-state index contributed by atoms with van der Waals surface area (Å²) < 4.78 is 32.6. The first-order chi connectivity index (χ1) is 32.9. The van der Waals surface area contributed by atoms with E-state index in [-0.39, 0.29) is 54.3 Å². The van der Waals surface area contributed by atoms with Gasteiger partial charge in [-0.3, -0.25) is 24.1 Å². The molecule has 0 spiro atoms. The number of halogens is 2. The second-order valence-electron chi connectivity index (χ2n) is 18.4. The smallest absolute Gasteiger partial charge is 0.259 e. The van der Waals surface area contributed by atoms with Crippen LogP contribution in [-0.2, 0) is 30.5 Å². The number of nitriles is 1. The van der Waals surface area contributed by atoms with E-state index in [1.54, 1.807) is 67.4 Å². The molecule has 3 heterocycles. The number of ether oxygens (including phenoxy) is 2. The van der Waals surface area contributed by atoms with Gasteiger partial charge in [-0.25, -0.2) is 9.37 Å². The van der Waals surface area contributed by atoms with E-state index in [4.69, 9.17) is 37.7 Å². The number of carbonyl (C=O) groups excluding carboxylic acids is 4. The molecule has 0 bridgehead atoms. The van der Waals surface area contributed by atoms with Crippen LogP contribution in [0.2, 0.25) is 5.02 Å². The van der Waals surface area contributed by atoms with E-state index in [9.17, 15) is 29.5 Å². The number of oxazole rings is 1. The number of anilines is 2. The molecule has 0 aliphatic carbocycles. The van der Waals surface area contributed by atoms with E-state index in [2.05, 4.69) is 15.6 Å². The summed E-state index contributed by atoms with van der Waals surface area (Å²) in [6, 6.07) is 23.8. The Morgan fingerprint density at radius 1 is 1.01 bits per heavy atom. The van der Waals surface area contributed by atoms with Crippen molar-refractivity contribution in [2.45, 2.75) is 84.2 Å². The van der Waals surface area contributed by atoms with Crippen LogP contribution >= 0.6 is 23.8 Å². The SMILES string of the molecule is CC(C)(C)[C@H](NC(=O)COCCCCOc1ccc(-c2ccc(N3C(=S)N(c4ccc(C#N)c(Cl)c4)C(=O)C3(C)C)cc2F)cc1)C(=O)N1C[C@H](O)C[C@H]1C(=O)NCc1ccc(-c2cnco2)cc1. The molecule has 4 amide bonds. The van der Waals surface area contributed by atoms with Crippen molar-refractivity contribution in [3.63, 3.8) is 0 Å². The lowest BCUT2D eigenvalue weighted by Gasteiger charge is -2.35. The van der Waals surface area contributed by atoms with Gasteiger partial charge in [0.15, 0.2) is 17.3 Å². The summed E-state index contributed by atoms with van der Waals surface area (Å²) in [5, 5.41) is 25.8. The number of nitrogens with zero attached hydrogens (tertiary/aromatic N) is 5. The fourth-order valence-electron chi connectivity index (χ4n) is 8.23. The summed E-state index contributed by atoms with van der Waals surface area (Å²) in [6.45, 7) is 9.35. The van der Waals surface area contributed by atoms with Crippen molar-refractivity contribution in [1.82, 2.24) is 20.5 Å². The molecule has 1 aromatic heterocycles. The highest BCUT2D eigenvalue weighted by Gasteiger charge is 2.50. The zero-order valence-electron chi connectivity index (χ0n) is 38.8. The van der Waals surface area contributed by atoms with Gasteiger partial charge in [0, 0.05) is 42.9 Å². The number of hydrogen-bond acceptors (Lipinski definition) is 11. The first-order valence-electron chi connectivity index (χ1n) is 22.4. The zero-order valence-corrected chi connectivity index (χ0v) is 40.4. The maximum atomic E-state index is 15.8. The summed E-state index contributed by atoms with van der Waals surface area (Å²) in [4.78, 5) is 62.2. The second-order valence-corrected chi connectivity index (χ2v) is 19.2. The summed E-state index contributed by atoms with van der Waals surface area (Å²) in [7, 11) is 0. The molecule has 2 aliphatic rings. The highest BCUT2D eigenvalue weighted by atomic mass is 35.5. The monoisotopic (exact) mass is 977 g/mol. The molecule has 360 valence electrons. The molecule has 18 heteroatoms. The number of amides is 4. The van der Waals surface area contributed by atoms with E-state index in [1.807, 2.05) is 51.1 Å². The molecule has 4 aromatic carbocycles. The summed E-state index contributed by atoms with van der Waals surface area (Å²) in [5.41, 5.74) is 1.82. The third-order valence-corrected chi connectivity index (χ3v) is 12.7. The third kappa shape index (κ3) is 11.4. The van der Waals surface area contributed by atoms with Crippen molar-refractivity contribution in [2.24, 2.45) is 5.41 Å². The Labute approximate surface area is 410 Å². The van der Waals surface area contributed by atoms with Gasteiger partial charge in [0.05, 0.1) is 35.2 Å². The molecule has 3 atom stereocenters. The normalized spacial score (nSPS) is 17.2. The minimum Gasteiger partial charge on any atom is -0.494 e. The number of aliphatic hydroxyl groups excluding tert-OH is 1. The van der Waals surface area contributed by atoms with Crippen LogP contribution in [0.5, 0.6) is 5.75 Å². The van der Waals surface area contributed by atoms with E-state index >= 15 is 4.39 Å². The molecule has 0 unspecified atom stereocenters. The van der Waals surface area contributed by atoms with Crippen molar-refractivity contribution in [3.05, 3.63) is 119 Å².